The van der Waals surface area contributed by atoms with Crippen LogP contribution in [0.2, 0.25) is 0 Å². The number of rotatable bonds is 6. The molecule has 7 nitrogen and oxygen atoms in total. The molecule has 0 spiro atoms. The number of hydrogen-bond acceptors (Lipinski definition) is 4. The first-order valence-corrected chi connectivity index (χ1v) is 12.6. The first kappa shape index (κ1) is 22.2. The molecule has 2 heterocycles. The van der Waals surface area contributed by atoms with Crippen molar-refractivity contribution in [3.63, 3.8) is 0 Å². The second-order valence-corrected chi connectivity index (χ2v) is 10.4. The summed E-state index contributed by atoms with van der Waals surface area (Å²) in [6, 6.07) is 19.9. The first-order chi connectivity index (χ1) is 15.3. The van der Waals surface area contributed by atoms with Crippen molar-refractivity contribution < 1.29 is 13.2 Å². The highest BCUT2D eigenvalue weighted by Gasteiger charge is 2.30. The molecular weight excluding hydrogens is 424 g/mol. The molecule has 1 saturated heterocycles. The van der Waals surface area contributed by atoms with E-state index >= 15 is 0 Å². The SMILES string of the molecule is Cc1cccc(-c2cc(NC(=O)C3CCCN(S(C)(=O)=O)C3)n(Cc3ccccc3)n2)c1. The molecule has 1 aliphatic rings. The zero-order chi connectivity index (χ0) is 22.7. The fourth-order valence-corrected chi connectivity index (χ4v) is 4.94. The summed E-state index contributed by atoms with van der Waals surface area (Å²) in [5.41, 5.74) is 3.96. The second kappa shape index (κ2) is 9.26. The van der Waals surface area contributed by atoms with Crippen LogP contribution in [0.25, 0.3) is 11.3 Å². The van der Waals surface area contributed by atoms with E-state index in [1.165, 1.54) is 10.6 Å². The molecule has 3 aromatic rings. The summed E-state index contributed by atoms with van der Waals surface area (Å²) >= 11 is 0. The van der Waals surface area contributed by atoms with E-state index in [1.807, 2.05) is 61.5 Å². The molecule has 0 bridgehead atoms. The number of carbonyl (C=O) groups is 1. The smallest absolute Gasteiger partial charge is 0.229 e. The van der Waals surface area contributed by atoms with Gasteiger partial charge in [0.2, 0.25) is 15.9 Å². The Morgan fingerprint density at radius 2 is 1.91 bits per heavy atom. The molecule has 2 aromatic carbocycles. The summed E-state index contributed by atoms with van der Waals surface area (Å²) in [7, 11) is -3.31. The highest BCUT2D eigenvalue weighted by molar-refractivity contribution is 7.88. The molecule has 0 radical (unpaired) electrons. The van der Waals surface area contributed by atoms with Crippen molar-refractivity contribution in [1.82, 2.24) is 14.1 Å². The average Bonchev–Trinajstić information content (AvgIpc) is 3.16. The summed E-state index contributed by atoms with van der Waals surface area (Å²) in [6.45, 7) is 3.22. The van der Waals surface area contributed by atoms with Crippen molar-refractivity contribution in [2.75, 3.05) is 24.7 Å². The van der Waals surface area contributed by atoms with Gasteiger partial charge < -0.3 is 5.32 Å². The van der Waals surface area contributed by atoms with Gasteiger partial charge in [-0.15, -0.1) is 0 Å². The minimum atomic E-state index is -3.31. The predicted octanol–water partition coefficient (Wildman–Crippen LogP) is 3.52. The zero-order valence-corrected chi connectivity index (χ0v) is 19.2. The van der Waals surface area contributed by atoms with Crippen LogP contribution in [-0.4, -0.2) is 47.8 Å². The molecule has 1 N–H and O–H groups in total. The van der Waals surface area contributed by atoms with Gasteiger partial charge in [-0.25, -0.2) is 17.4 Å². The van der Waals surface area contributed by atoms with Gasteiger partial charge in [-0.05, 0) is 31.4 Å². The number of benzene rings is 2. The van der Waals surface area contributed by atoms with E-state index in [-0.39, 0.29) is 18.4 Å². The first-order valence-electron chi connectivity index (χ1n) is 10.7. The maximum Gasteiger partial charge on any atom is 0.229 e. The van der Waals surface area contributed by atoms with Crippen molar-refractivity contribution in [1.29, 1.82) is 0 Å². The van der Waals surface area contributed by atoms with Crippen LogP contribution in [0.3, 0.4) is 0 Å². The topological polar surface area (TPSA) is 84.3 Å². The lowest BCUT2D eigenvalue weighted by Crippen LogP contribution is -2.43. The standard InChI is InChI=1S/C24H28N4O3S/c1-18-8-6-11-20(14-18)22-15-23(28(26-22)16-19-9-4-3-5-10-19)25-24(29)21-12-7-13-27(17-21)32(2,30)31/h3-6,8-11,14-15,21H,7,12-13,16-17H2,1-2H3,(H,25,29). The Morgan fingerprint density at radius 3 is 2.62 bits per heavy atom. The number of carbonyl (C=O) groups excluding carboxylic acids is 1. The largest absolute Gasteiger partial charge is 0.311 e. The van der Waals surface area contributed by atoms with E-state index in [4.69, 9.17) is 5.10 Å². The highest BCUT2D eigenvalue weighted by atomic mass is 32.2. The molecule has 168 valence electrons. The molecule has 1 atom stereocenters. The van der Waals surface area contributed by atoms with Crippen molar-refractivity contribution in [3.8, 4) is 11.3 Å². The monoisotopic (exact) mass is 452 g/mol. The van der Waals surface area contributed by atoms with Crippen LogP contribution in [0.5, 0.6) is 0 Å². The lowest BCUT2D eigenvalue weighted by molar-refractivity contribution is -0.120. The van der Waals surface area contributed by atoms with E-state index in [9.17, 15) is 13.2 Å². The van der Waals surface area contributed by atoms with Crippen LogP contribution in [0.1, 0.15) is 24.0 Å². The summed E-state index contributed by atoms with van der Waals surface area (Å²) < 4.78 is 27.1. The van der Waals surface area contributed by atoms with Gasteiger partial charge in [0.25, 0.3) is 0 Å². The van der Waals surface area contributed by atoms with Crippen LogP contribution >= 0.6 is 0 Å². The minimum absolute atomic E-state index is 0.177. The molecule has 0 aliphatic carbocycles. The maximum atomic E-state index is 13.1. The van der Waals surface area contributed by atoms with Crippen molar-refractivity contribution in [2.45, 2.75) is 26.3 Å². The van der Waals surface area contributed by atoms with Crippen molar-refractivity contribution in [3.05, 3.63) is 71.8 Å². The van der Waals surface area contributed by atoms with Gasteiger partial charge in [0.15, 0.2) is 0 Å². The summed E-state index contributed by atoms with van der Waals surface area (Å²) in [6.07, 6.45) is 2.52. The van der Waals surface area contributed by atoms with Crippen molar-refractivity contribution >= 4 is 21.7 Å². The maximum absolute atomic E-state index is 13.1. The summed E-state index contributed by atoms with van der Waals surface area (Å²) in [4.78, 5) is 13.1. The van der Waals surface area contributed by atoms with Gasteiger partial charge in [0.1, 0.15) is 5.82 Å². The number of aromatic nitrogens is 2. The number of amides is 1. The fraction of sp³-hybridized carbons (Fsp3) is 0.333. The molecule has 4 rings (SSSR count). The Bertz CT molecular complexity index is 1200. The van der Waals surface area contributed by atoms with Crippen LogP contribution in [0, 0.1) is 12.8 Å². The number of nitrogens with zero attached hydrogens (tertiary/aromatic N) is 3. The van der Waals surface area contributed by atoms with Gasteiger partial charge in [-0.1, -0.05) is 54.1 Å². The van der Waals surface area contributed by atoms with E-state index in [0.29, 0.717) is 31.7 Å². The number of piperidine rings is 1. The molecule has 1 aromatic heterocycles. The van der Waals surface area contributed by atoms with Gasteiger partial charge in [-0.3, -0.25) is 4.79 Å². The molecule has 1 aliphatic heterocycles. The zero-order valence-electron chi connectivity index (χ0n) is 18.4. The van der Waals surface area contributed by atoms with E-state index in [0.717, 1.165) is 22.4 Å². The molecule has 0 saturated carbocycles. The lowest BCUT2D eigenvalue weighted by Gasteiger charge is -2.30. The third-order valence-electron chi connectivity index (χ3n) is 5.74. The molecule has 1 fully saturated rings. The van der Waals surface area contributed by atoms with Crippen LogP contribution in [0.4, 0.5) is 5.82 Å². The Hall–Kier alpha value is -2.97. The number of anilines is 1. The predicted molar refractivity (Wildman–Crippen MR) is 126 cm³/mol. The third kappa shape index (κ3) is 5.26. The van der Waals surface area contributed by atoms with E-state index in [2.05, 4.69) is 11.4 Å². The van der Waals surface area contributed by atoms with Crippen LogP contribution in [0.15, 0.2) is 60.7 Å². The Balaban J connectivity index is 1.60. The van der Waals surface area contributed by atoms with Gasteiger partial charge in [0, 0.05) is 24.7 Å². The van der Waals surface area contributed by atoms with E-state index in [1.54, 1.807) is 4.68 Å². The fourth-order valence-electron chi connectivity index (χ4n) is 4.03. The van der Waals surface area contributed by atoms with Crippen LogP contribution in [-0.2, 0) is 21.4 Å². The summed E-state index contributed by atoms with van der Waals surface area (Å²) in [5, 5.41) is 7.78. The Labute approximate surface area is 189 Å². The van der Waals surface area contributed by atoms with Crippen molar-refractivity contribution in [2.24, 2.45) is 5.92 Å². The highest BCUT2D eigenvalue weighted by Crippen LogP contribution is 2.26. The molecular formula is C24H28N4O3S. The quantitative estimate of drug-likeness (QED) is 0.620. The van der Waals surface area contributed by atoms with Gasteiger partial charge in [0.05, 0.1) is 24.4 Å². The number of nitrogens with one attached hydrogen (secondary N) is 1. The normalized spacial score (nSPS) is 17.2. The second-order valence-electron chi connectivity index (χ2n) is 8.38. The Morgan fingerprint density at radius 1 is 1.12 bits per heavy atom. The van der Waals surface area contributed by atoms with Gasteiger partial charge >= 0.3 is 0 Å². The number of hydrogen-bond donors (Lipinski definition) is 1. The lowest BCUT2D eigenvalue weighted by atomic mass is 9.99. The molecule has 1 unspecified atom stereocenters. The molecule has 32 heavy (non-hydrogen) atoms. The Kier molecular flexibility index (Phi) is 6.43. The minimum Gasteiger partial charge on any atom is -0.311 e. The number of aryl methyl sites for hydroxylation is 1. The number of sulfonamides is 1. The molecule has 8 heteroatoms. The van der Waals surface area contributed by atoms with E-state index < -0.39 is 10.0 Å². The van der Waals surface area contributed by atoms with Crippen LogP contribution < -0.4 is 5.32 Å². The summed E-state index contributed by atoms with van der Waals surface area (Å²) in [5.74, 6) is 0.0381. The van der Waals surface area contributed by atoms with Gasteiger partial charge in [-0.2, -0.15) is 5.10 Å². The third-order valence-corrected chi connectivity index (χ3v) is 7.01. The average molecular weight is 453 g/mol. The molecule has 1 amide bonds.